The van der Waals surface area contributed by atoms with Gasteiger partial charge in [0.2, 0.25) is 5.91 Å². The minimum Gasteiger partial charge on any atom is -0.345 e. The highest BCUT2D eigenvalue weighted by Crippen LogP contribution is 2.31. The molecule has 4 rings (SSSR count). The number of benzene rings is 1. The smallest absolute Gasteiger partial charge is 0.251 e. The molecule has 2 saturated carbocycles. The maximum Gasteiger partial charge on any atom is 0.251 e. The van der Waals surface area contributed by atoms with Crippen molar-refractivity contribution in [2.24, 2.45) is 0 Å². The third-order valence-corrected chi connectivity index (χ3v) is 8.29. The van der Waals surface area contributed by atoms with E-state index in [2.05, 4.69) is 27.0 Å². The monoisotopic (exact) mass is 509 g/mol. The van der Waals surface area contributed by atoms with E-state index in [1.54, 1.807) is 12.1 Å². The number of aryl methyl sites for hydroxylation is 1. The van der Waals surface area contributed by atoms with Crippen LogP contribution in [0.2, 0.25) is 0 Å². The van der Waals surface area contributed by atoms with Crippen LogP contribution < -0.4 is 5.32 Å². The summed E-state index contributed by atoms with van der Waals surface area (Å²) in [5.41, 5.74) is 1.66. The van der Waals surface area contributed by atoms with Crippen LogP contribution in [0.1, 0.15) is 86.0 Å². The summed E-state index contributed by atoms with van der Waals surface area (Å²) in [6.45, 7) is 6.62. The van der Waals surface area contributed by atoms with Gasteiger partial charge in [0.15, 0.2) is 11.0 Å². The van der Waals surface area contributed by atoms with Gasteiger partial charge in [0.1, 0.15) is 0 Å². The largest absolute Gasteiger partial charge is 0.345 e. The molecular weight excluding hydrogens is 470 g/mol. The molecule has 2 aliphatic carbocycles. The van der Waals surface area contributed by atoms with Gasteiger partial charge < -0.3 is 14.8 Å². The molecule has 2 aromatic rings. The molecule has 2 fully saturated rings. The number of aromatic nitrogens is 3. The predicted octanol–water partition coefficient (Wildman–Crippen LogP) is 5.29. The topological polar surface area (TPSA) is 80.1 Å². The summed E-state index contributed by atoms with van der Waals surface area (Å²) in [5, 5.41) is 12.3. The summed E-state index contributed by atoms with van der Waals surface area (Å²) in [5.74, 6) is 1.09. The lowest BCUT2D eigenvalue weighted by Gasteiger charge is -2.41. The molecule has 0 saturated heterocycles. The van der Waals surface area contributed by atoms with Gasteiger partial charge in [-0.1, -0.05) is 74.1 Å². The molecule has 0 bridgehead atoms. The van der Waals surface area contributed by atoms with E-state index in [0.29, 0.717) is 40.9 Å². The van der Waals surface area contributed by atoms with E-state index >= 15 is 0 Å². The van der Waals surface area contributed by atoms with Gasteiger partial charge in [-0.15, -0.1) is 16.8 Å². The van der Waals surface area contributed by atoms with Crippen molar-refractivity contribution < 1.29 is 9.59 Å². The lowest BCUT2D eigenvalue weighted by atomic mass is 9.88. The summed E-state index contributed by atoms with van der Waals surface area (Å²) in [7, 11) is 0. The quantitative estimate of drug-likeness (QED) is 0.348. The van der Waals surface area contributed by atoms with Crippen LogP contribution >= 0.6 is 11.8 Å². The third kappa shape index (κ3) is 6.78. The highest BCUT2D eigenvalue weighted by Gasteiger charge is 2.32. The van der Waals surface area contributed by atoms with Crippen LogP contribution in [-0.2, 0) is 17.9 Å². The van der Waals surface area contributed by atoms with Crippen LogP contribution in [0.25, 0.3) is 0 Å². The Morgan fingerprint density at radius 1 is 1.08 bits per heavy atom. The van der Waals surface area contributed by atoms with E-state index in [1.165, 1.54) is 50.3 Å². The normalized spacial score (nSPS) is 17.0. The molecule has 1 N–H and O–H groups in total. The first-order valence-corrected chi connectivity index (χ1v) is 14.4. The van der Waals surface area contributed by atoms with E-state index in [-0.39, 0.29) is 18.4 Å². The molecule has 0 spiro atoms. The second kappa shape index (κ2) is 13.1. The molecule has 0 atom stereocenters. The number of hydrogen-bond acceptors (Lipinski definition) is 5. The molecule has 0 unspecified atom stereocenters. The molecule has 0 radical (unpaired) electrons. The lowest BCUT2D eigenvalue weighted by molar-refractivity contribution is -0.135. The van der Waals surface area contributed by atoms with E-state index < -0.39 is 0 Å². The number of rotatable bonds is 10. The van der Waals surface area contributed by atoms with E-state index in [1.807, 2.05) is 29.7 Å². The first-order valence-electron chi connectivity index (χ1n) is 13.4. The van der Waals surface area contributed by atoms with Crippen molar-refractivity contribution in [3.63, 3.8) is 0 Å². The van der Waals surface area contributed by atoms with Crippen molar-refractivity contribution in [2.75, 3.05) is 5.75 Å². The van der Waals surface area contributed by atoms with Gasteiger partial charge in [-0.2, -0.15) is 0 Å². The number of hydrogen-bond donors (Lipinski definition) is 1. The first kappa shape index (κ1) is 26.5. The minimum absolute atomic E-state index is 0.146. The number of nitrogens with one attached hydrogen (secondary N) is 1. The van der Waals surface area contributed by atoms with Gasteiger partial charge >= 0.3 is 0 Å². The number of nitrogens with zero attached hydrogens (tertiary/aromatic N) is 4. The van der Waals surface area contributed by atoms with Gasteiger partial charge in [-0.05, 0) is 44.7 Å². The summed E-state index contributed by atoms with van der Waals surface area (Å²) in [6.07, 6.45) is 13.8. The SMILES string of the molecule is C=CCn1c(CNC(=O)c2cccc(C)c2)nnc1SCC(=O)N(C1CCCCC1)C1CCCCC1. The Balaban J connectivity index is 1.41. The standard InChI is InChI=1S/C28H39N5O2S/c1-3-17-32-25(19-29-27(35)22-12-10-11-21(2)18-22)30-31-28(32)36-20-26(34)33(23-13-6-4-7-14-23)24-15-8-5-9-16-24/h3,10-12,18,23-24H,1,4-9,13-17,19-20H2,2H3,(H,29,35). The average Bonchev–Trinajstić information content (AvgIpc) is 3.29. The summed E-state index contributed by atoms with van der Waals surface area (Å²) < 4.78 is 1.94. The molecule has 8 heteroatoms. The van der Waals surface area contributed by atoms with Crippen LogP contribution in [0.3, 0.4) is 0 Å². The van der Waals surface area contributed by atoms with Crippen LogP contribution in [0.4, 0.5) is 0 Å². The second-order valence-electron chi connectivity index (χ2n) is 10.0. The third-order valence-electron chi connectivity index (χ3n) is 7.34. The molecule has 1 aromatic carbocycles. The van der Waals surface area contributed by atoms with Crippen molar-refractivity contribution in [1.82, 2.24) is 25.0 Å². The Labute approximate surface area is 219 Å². The zero-order chi connectivity index (χ0) is 25.3. The zero-order valence-corrected chi connectivity index (χ0v) is 22.3. The fourth-order valence-corrected chi connectivity index (χ4v) is 6.38. The van der Waals surface area contributed by atoms with Crippen LogP contribution in [0.15, 0.2) is 42.1 Å². The van der Waals surface area contributed by atoms with Gasteiger partial charge in [0.25, 0.3) is 5.91 Å². The number of carbonyl (C=O) groups excluding carboxylic acids is 2. The van der Waals surface area contributed by atoms with E-state index in [4.69, 9.17) is 0 Å². The molecule has 7 nitrogen and oxygen atoms in total. The molecule has 0 aliphatic heterocycles. The van der Waals surface area contributed by atoms with Crippen molar-refractivity contribution in [1.29, 1.82) is 0 Å². The van der Waals surface area contributed by atoms with Gasteiger partial charge in [0, 0.05) is 24.2 Å². The molecule has 2 amide bonds. The Hall–Kier alpha value is -2.61. The fourth-order valence-electron chi connectivity index (χ4n) is 5.54. The summed E-state index contributed by atoms with van der Waals surface area (Å²) >= 11 is 1.44. The summed E-state index contributed by atoms with van der Waals surface area (Å²) in [6, 6.07) is 8.27. The van der Waals surface area contributed by atoms with Crippen LogP contribution in [0.5, 0.6) is 0 Å². The second-order valence-corrected chi connectivity index (χ2v) is 11.0. The van der Waals surface area contributed by atoms with E-state index in [9.17, 15) is 9.59 Å². The van der Waals surface area contributed by atoms with Gasteiger partial charge in [0.05, 0.1) is 12.3 Å². The maximum absolute atomic E-state index is 13.6. The van der Waals surface area contributed by atoms with Gasteiger partial charge in [-0.25, -0.2) is 0 Å². The number of amides is 2. The fraction of sp³-hybridized carbons (Fsp3) is 0.571. The average molecular weight is 510 g/mol. The molecule has 194 valence electrons. The first-order chi connectivity index (χ1) is 17.6. The highest BCUT2D eigenvalue weighted by molar-refractivity contribution is 7.99. The Kier molecular flexibility index (Phi) is 9.61. The lowest BCUT2D eigenvalue weighted by Crippen LogP contribution is -2.49. The highest BCUT2D eigenvalue weighted by atomic mass is 32.2. The minimum atomic E-state index is -0.146. The predicted molar refractivity (Wildman–Crippen MR) is 144 cm³/mol. The van der Waals surface area contributed by atoms with Crippen molar-refractivity contribution in [2.45, 2.75) is 101 Å². The van der Waals surface area contributed by atoms with Crippen LogP contribution in [-0.4, -0.2) is 49.3 Å². The molecule has 1 aromatic heterocycles. The molecular formula is C28H39N5O2S. The number of carbonyl (C=O) groups is 2. The number of allylic oxidation sites excluding steroid dienone is 1. The van der Waals surface area contributed by atoms with Crippen molar-refractivity contribution >= 4 is 23.6 Å². The van der Waals surface area contributed by atoms with Crippen LogP contribution in [0, 0.1) is 6.92 Å². The maximum atomic E-state index is 13.6. The van der Waals surface area contributed by atoms with E-state index in [0.717, 1.165) is 31.2 Å². The van der Waals surface area contributed by atoms with Crippen molar-refractivity contribution in [3.8, 4) is 0 Å². The number of thioether (sulfide) groups is 1. The Morgan fingerprint density at radius 2 is 1.75 bits per heavy atom. The van der Waals surface area contributed by atoms with Gasteiger partial charge in [-0.3, -0.25) is 9.59 Å². The Bertz CT molecular complexity index is 1020. The summed E-state index contributed by atoms with van der Waals surface area (Å²) in [4.78, 5) is 28.4. The van der Waals surface area contributed by atoms with Crippen molar-refractivity contribution in [3.05, 3.63) is 53.9 Å². The molecule has 36 heavy (non-hydrogen) atoms. The zero-order valence-electron chi connectivity index (χ0n) is 21.5. The molecule has 2 aliphatic rings. The molecule has 1 heterocycles. The Morgan fingerprint density at radius 3 is 2.36 bits per heavy atom.